The van der Waals surface area contributed by atoms with Crippen LogP contribution in [0.1, 0.15) is 23.6 Å². The van der Waals surface area contributed by atoms with Crippen molar-refractivity contribution < 1.29 is 13.9 Å². The van der Waals surface area contributed by atoms with Crippen LogP contribution in [-0.2, 0) is 21.6 Å². The number of carbonyl (C=O) groups excluding carboxylic acids is 1. The summed E-state index contributed by atoms with van der Waals surface area (Å²) in [5.74, 6) is -1.44. The SMILES string of the molecule is CCOC(=O)C1=NC(c2ccc(C#N)c(F)c2)=NC1(Cl)c1ccc2nn(C)c(Cl)c2c1. The molecule has 0 radical (unpaired) electrons. The highest BCUT2D eigenvalue weighted by molar-refractivity contribution is 6.55. The minimum Gasteiger partial charge on any atom is -0.461 e. The first-order valence-electron chi connectivity index (χ1n) is 9.16. The number of fused-ring (bicyclic) bond motifs is 1. The smallest absolute Gasteiger partial charge is 0.357 e. The van der Waals surface area contributed by atoms with Crippen molar-refractivity contribution in [1.82, 2.24) is 9.78 Å². The van der Waals surface area contributed by atoms with E-state index in [1.807, 2.05) is 0 Å². The summed E-state index contributed by atoms with van der Waals surface area (Å²) in [6.45, 7) is 1.77. The van der Waals surface area contributed by atoms with E-state index in [2.05, 4.69) is 15.1 Å². The van der Waals surface area contributed by atoms with Crippen molar-refractivity contribution in [3.8, 4) is 6.07 Å². The van der Waals surface area contributed by atoms with Crippen LogP contribution in [0.3, 0.4) is 0 Å². The number of halogens is 3. The molecule has 1 aliphatic heterocycles. The largest absolute Gasteiger partial charge is 0.461 e. The fraction of sp³-hybridized carbons (Fsp3) is 0.190. The molecule has 0 fully saturated rings. The van der Waals surface area contributed by atoms with Gasteiger partial charge in [0, 0.05) is 23.6 Å². The highest BCUT2D eigenvalue weighted by Crippen LogP contribution is 2.40. The van der Waals surface area contributed by atoms with E-state index in [0.717, 1.165) is 6.07 Å². The Kier molecular flexibility index (Phi) is 5.25. The van der Waals surface area contributed by atoms with Gasteiger partial charge in [0.25, 0.3) is 0 Å². The zero-order chi connectivity index (χ0) is 22.3. The molecule has 2 heterocycles. The second-order valence-electron chi connectivity index (χ2n) is 6.69. The maximum atomic E-state index is 14.1. The number of hydrogen-bond acceptors (Lipinski definition) is 6. The summed E-state index contributed by atoms with van der Waals surface area (Å²) < 4.78 is 20.8. The van der Waals surface area contributed by atoms with Crippen LogP contribution in [0.5, 0.6) is 0 Å². The van der Waals surface area contributed by atoms with Gasteiger partial charge in [0.2, 0.25) is 5.00 Å². The second kappa shape index (κ2) is 7.76. The molecule has 7 nitrogen and oxygen atoms in total. The van der Waals surface area contributed by atoms with E-state index in [-0.39, 0.29) is 29.3 Å². The molecule has 10 heteroatoms. The fourth-order valence-electron chi connectivity index (χ4n) is 3.23. The van der Waals surface area contributed by atoms with Crippen LogP contribution in [-0.4, -0.2) is 33.9 Å². The Bertz CT molecular complexity index is 1340. The van der Waals surface area contributed by atoms with Crippen molar-refractivity contribution in [3.05, 3.63) is 64.1 Å². The maximum absolute atomic E-state index is 14.1. The van der Waals surface area contributed by atoms with Crippen molar-refractivity contribution >= 4 is 51.6 Å². The molecule has 1 aliphatic rings. The van der Waals surface area contributed by atoms with E-state index in [9.17, 15) is 9.18 Å². The highest BCUT2D eigenvalue weighted by Gasteiger charge is 2.45. The third kappa shape index (κ3) is 3.46. The molecule has 0 bridgehead atoms. The van der Waals surface area contributed by atoms with E-state index in [0.29, 0.717) is 21.6 Å². The predicted octanol–water partition coefficient (Wildman–Crippen LogP) is 4.09. The molecule has 1 aromatic heterocycles. The van der Waals surface area contributed by atoms with Crippen molar-refractivity contribution in [1.29, 1.82) is 5.26 Å². The molecule has 156 valence electrons. The lowest BCUT2D eigenvalue weighted by molar-refractivity contribution is -0.135. The van der Waals surface area contributed by atoms with E-state index >= 15 is 0 Å². The normalized spacial score (nSPS) is 17.9. The van der Waals surface area contributed by atoms with E-state index in [1.165, 1.54) is 16.8 Å². The van der Waals surface area contributed by atoms with Crippen molar-refractivity contribution in [3.63, 3.8) is 0 Å². The number of rotatable bonds is 4. The first-order valence-corrected chi connectivity index (χ1v) is 9.92. The molecule has 0 saturated heterocycles. The molecule has 0 N–H and O–H groups in total. The third-order valence-corrected chi connectivity index (χ3v) is 5.68. The van der Waals surface area contributed by atoms with E-state index < -0.39 is 16.8 Å². The standard InChI is InChI=1S/C21H14Cl2FN5O2/c1-3-31-20(30)17-21(23,13-6-7-16-14(9-13)18(22)29(2)28-16)27-19(26-17)11-4-5-12(10-25)15(24)8-11/h4-9H,3H2,1-2H3. The van der Waals surface area contributed by atoms with Gasteiger partial charge < -0.3 is 4.74 Å². The van der Waals surface area contributed by atoms with Gasteiger partial charge in [0.15, 0.2) is 11.5 Å². The molecular weight excluding hydrogens is 444 g/mol. The van der Waals surface area contributed by atoms with Crippen LogP contribution in [0.25, 0.3) is 10.9 Å². The Balaban J connectivity index is 1.88. The number of esters is 1. The number of nitrogens with zero attached hydrogens (tertiary/aromatic N) is 5. The van der Waals surface area contributed by atoms with Gasteiger partial charge in [-0.2, -0.15) is 10.4 Å². The molecule has 0 aliphatic carbocycles. The summed E-state index contributed by atoms with van der Waals surface area (Å²) in [5, 5.41) is 14.2. The lowest BCUT2D eigenvalue weighted by atomic mass is 10.0. The Morgan fingerprint density at radius 2 is 2.10 bits per heavy atom. The molecular formula is C21H14Cl2FN5O2. The minimum absolute atomic E-state index is 0.0406. The predicted molar refractivity (Wildman–Crippen MR) is 115 cm³/mol. The molecule has 0 spiro atoms. The average molecular weight is 458 g/mol. The van der Waals surface area contributed by atoms with E-state index in [4.69, 9.17) is 33.2 Å². The maximum Gasteiger partial charge on any atom is 0.357 e. The zero-order valence-corrected chi connectivity index (χ0v) is 17.9. The van der Waals surface area contributed by atoms with Gasteiger partial charge in [0.05, 0.1) is 17.7 Å². The number of aryl methyl sites for hydroxylation is 1. The molecule has 1 atom stereocenters. The number of nitriles is 1. The van der Waals surface area contributed by atoms with Crippen molar-refractivity contribution in [2.75, 3.05) is 6.61 Å². The van der Waals surface area contributed by atoms with Gasteiger partial charge in [0.1, 0.15) is 17.0 Å². The Morgan fingerprint density at radius 1 is 1.32 bits per heavy atom. The summed E-state index contributed by atoms with van der Waals surface area (Å²) in [7, 11) is 1.70. The van der Waals surface area contributed by atoms with Gasteiger partial charge in [-0.05, 0) is 37.3 Å². The molecule has 1 unspecified atom stereocenters. The first-order chi connectivity index (χ1) is 14.8. The third-order valence-electron chi connectivity index (χ3n) is 4.75. The van der Waals surface area contributed by atoms with Crippen LogP contribution < -0.4 is 0 Å². The van der Waals surface area contributed by atoms with Crippen LogP contribution in [0, 0.1) is 17.1 Å². The second-order valence-corrected chi connectivity index (χ2v) is 7.60. The number of benzene rings is 2. The minimum atomic E-state index is -1.71. The Labute approximate surface area is 186 Å². The summed E-state index contributed by atoms with van der Waals surface area (Å²) in [5.41, 5.74) is 1.05. The number of amidine groups is 1. The highest BCUT2D eigenvalue weighted by atomic mass is 35.5. The van der Waals surface area contributed by atoms with Gasteiger partial charge >= 0.3 is 5.97 Å². The number of carbonyl (C=O) groups is 1. The van der Waals surface area contributed by atoms with Gasteiger partial charge in [-0.3, -0.25) is 4.68 Å². The summed E-state index contributed by atoms with van der Waals surface area (Å²) in [4.78, 5) is 19.6. The summed E-state index contributed by atoms with van der Waals surface area (Å²) in [6.07, 6.45) is 0. The van der Waals surface area contributed by atoms with Crippen LogP contribution >= 0.6 is 23.2 Å². The number of hydrogen-bond donors (Lipinski definition) is 0. The molecule has 2 aromatic carbocycles. The lowest BCUT2D eigenvalue weighted by Crippen LogP contribution is -2.33. The zero-order valence-electron chi connectivity index (χ0n) is 16.4. The molecule has 3 aromatic rings. The summed E-state index contributed by atoms with van der Waals surface area (Å²) >= 11 is 13.2. The van der Waals surface area contributed by atoms with Crippen molar-refractivity contribution in [2.24, 2.45) is 17.0 Å². The van der Waals surface area contributed by atoms with Crippen molar-refractivity contribution in [2.45, 2.75) is 11.9 Å². The fourth-order valence-corrected chi connectivity index (χ4v) is 3.74. The number of ether oxygens (including phenoxy) is 1. The molecule has 4 rings (SSSR count). The summed E-state index contributed by atoms with van der Waals surface area (Å²) in [6, 6.07) is 10.7. The van der Waals surface area contributed by atoms with Gasteiger partial charge in [-0.25, -0.2) is 19.2 Å². The van der Waals surface area contributed by atoms with Crippen LogP contribution in [0.15, 0.2) is 46.4 Å². The van der Waals surface area contributed by atoms with Gasteiger partial charge in [-0.15, -0.1) is 0 Å². The first kappa shape index (κ1) is 21.0. The molecule has 31 heavy (non-hydrogen) atoms. The Hall–Kier alpha value is -3.28. The number of alkyl halides is 1. The lowest BCUT2D eigenvalue weighted by Gasteiger charge is -2.20. The van der Waals surface area contributed by atoms with Gasteiger partial charge in [-0.1, -0.05) is 29.3 Å². The number of aromatic nitrogens is 2. The molecule has 0 saturated carbocycles. The Morgan fingerprint density at radius 3 is 2.77 bits per heavy atom. The van der Waals surface area contributed by atoms with Crippen LogP contribution in [0.2, 0.25) is 5.15 Å². The quantitative estimate of drug-likeness (QED) is 0.335. The number of aliphatic imine (C=N–C) groups is 2. The van der Waals surface area contributed by atoms with Crippen LogP contribution in [0.4, 0.5) is 4.39 Å². The topological polar surface area (TPSA) is 92.6 Å². The molecule has 0 amide bonds. The van der Waals surface area contributed by atoms with E-state index in [1.54, 1.807) is 38.2 Å². The average Bonchev–Trinajstić information content (AvgIpc) is 3.25. The monoisotopic (exact) mass is 457 g/mol.